The first kappa shape index (κ1) is 10.1. The Bertz CT molecular complexity index is 555. The second kappa shape index (κ2) is 3.61. The predicted molar refractivity (Wildman–Crippen MR) is 53.0 cm³/mol. The van der Waals surface area contributed by atoms with Crippen molar-refractivity contribution in [3.63, 3.8) is 0 Å². The van der Waals surface area contributed by atoms with Gasteiger partial charge in [-0.1, -0.05) is 0 Å². The van der Waals surface area contributed by atoms with Gasteiger partial charge in [0.05, 0.1) is 11.6 Å². The summed E-state index contributed by atoms with van der Waals surface area (Å²) in [4.78, 5) is 20.5. The molecular weight excluding hydrogens is 214 g/mol. The third-order valence-electron chi connectivity index (χ3n) is 1.99. The van der Waals surface area contributed by atoms with E-state index >= 15 is 0 Å². The Balaban J connectivity index is 2.49. The zero-order chi connectivity index (χ0) is 11.7. The molecule has 7 nitrogen and oxygen atoms in total. The zero-order valence-electron chi connectivity index (χ0n) is 8.28. The Kier molecular flexibility index (Phi) is 2.28. The Hall–Kier alpha value is -2.44. The fourth-order valence-corrected chi connectivity index (χ4v) is 1.34. The number of carbonyl (C=O) groups is 1. The molecule has 0 saturated heterocycles. The normalized spacial score (nSPS) is 10.3. The molecule has 7 heteroatoms. The van der Waals surface area contributed by atoms with E-state index in [-0.39, 0.29) is 11.6 Å². The van der Waals surface area contributed by atoms with Gasteiger partial charge in [-0.25, -0.2) is 0 Å². The van der Waals surface area contributed by atoms with Crippen molar-refractivity contribution in [3.8, 4) is 11.5 Å². The van der Waals surface area contributed by atoms with Crippen LogP contribution in [0.25, 0.3) is 11.5 Å². The molecule has 0 amide bonds. The molecule has 0 atom stereocenters. The van der Waals surface area contributed by atoms with E-state index in [4.69, 9.17) is 4.42 Å². The van der Waals surface area contributed by atoms with Crippen molar-refractivity contribution in [2.45, 2.75) is 0 Å². The molecule has 16 heavy (non-hydrogen) atoms. The van der Waals surface area contributed by atoms with E-state index in [1.807, 2.05) is 0 Å². The van der Waals surface area contributed by atoms with E-state index in [1.165, 1.54) is 23.0 Å². The molecule has 0 aliphatic heterocycles. The third kappa shape index (κ3) is 1.58. The first-order valence-corrected chi connectivity index (χ1v) is 4.35. The molecular formula is C9H7N3O4. The summed E-state index contributed by atoms with van der Waals surface area (Å²) in [6.07, 6.45) is 2.13. The average Bonchev–Trinajstić information content (AvgIpc) is 2.82. The van der Waals surface area contributed by atoms with E-state index in [1.54, 1.807) is 7.05 Å². The average molecular weight is 221 g/mol. The van der Waals surface area contributed by atoms with Gasteiger partial charge in [-0.3, -0.25) is 19.6 Å². The van der Waals surface area contributed by atoms with E-state index in [9.17, 15) is 14.9 Å². The lowest BCUT2D eigenvalue weighted by Gasteiger charge is -1.89. The molecule has 2 aromatic rings. The largest absolute Gasteiger partial charge is 0.433 e. The number of hydrogen-bond donors (Lipinski definition) is 0. The van der Waals surface area contributed by atoms with Crippen LogP contribution in [0.15, 0.2) is 22.7 Å². The van der Waals surface area contributed by atoms with Gasteiger partial charge in [-0.05, 0) is 6.07 Å². The fraction of sp³-hybridized carbons (Fsp3) is 0.111. The molecule has 0 bridgehead atoms. The van der Waals surface area contributed by atoms with Gasteiger partial charge in [0.1, 0.15) is 10.6 Å². The molecule has 0 aromatic carbocycles. The van der Waals surface area contributed by atoms with Crippen LogP contribution < -0.4 is 0 Å². The molecule has 0 fully saturated rings. The molecule has 0 unspecified atom stereocenters. The van der Waals surface area contributed by atoms with Gasteiger partial charge in [-0.2, -0.15) is 5.10 Å². The van der Waals surface area contributed by atoms with Crippen LogP contribution in [-0.4, -0.2) is 21.0 Å². The molecule has 0 radical (unpaired) electrons. The maximum absolute atomic E-state index is 10.7. The summed E-state index contributed by atoms with van der Waals surface area (Å²) in [7, 11) is 1.65. The highest BCUT2D eigenvalue weighted by molar-refractivity contribution is 5.84. The maximum Gasteiger partial charge on any atom is 0.433 e. The summed E-state index contributed by atoms with van der Waals surface area (Å²) < 4.78 is 6.39. The number of carbonyl (C=O) groups excluding carboxylic acids is 1. The summed E-state index contributed by atoms with van der Waals surface area (Å²) in [5, 5.41) is 14.4. The molecule has 2 heterocycles. The SMILES string of the molecule is Cn1cc(C=O)c(-c2ccc([N+](=O)[O-])o2)n1. The second-order valence-electron chi connectivity index (χ2n) is 3.12. The van der Waals surface area contributed by atoms with Gasteiger partial charge in [0, 0.05) is 13.2 Å². The first-order valence-electron chi connectivity index (χ1n) is 4.35. The van der Waals surface area contributed by atoms with Crippen LogP contribution in [0.2, 0.25) is 0 Å². The summed E-state index contributed by atoms with van der Waals surface area (Å²) in [6, 6.07) is 2.63. The Morgan fingerprint density at radius 2 is 2.31 bits per heavy atom. The van der Waals surface area contributed by atoms with Gasteiger partial charge < -0.3 is 4.42 Å². The molecule has 2 aromatic heterocycles. The van der Waals surface area contributed by atoms with Crippen LogP contribution in [-0.2, 0) is 7.05 Å². The van der Waals surface area contributed by atoms with Crippen LogP contribution in [0.1, 0.15) is 10.4 Å². The number of nitrogens with zero attached hydrogens (tertiary/aromatic N) is 3. The second-order valence-corrected chi connectivity index (χ2v) is 3.12. The van der Waals surface area contributed by atoms with E-state index in [0.29, 0.717) is 17.5 Å². The van der Waals surface area contributed by atoms with E-state index in [2.05, 4.69) is 5.10 Å². The van der Waals surface area contributed by atoms with Crippen LogP contribution in [0.5, 0.6) is 0 Å². The molecule has 2 rings (SSSR count). The van der Waals surface area contributed by atoms with E-state index in [0.717, 1.165) is 0 Å². The Morgan fingerprint density at radius 1 is 1.56 bits per heavy atom. The van der Waals surface area contributed by atoms with Crippen molar-refractivity contribution in [2.24, 2.45) is 7.05 Å². The monoisotopic (exact) mass is 221 g/mol. The van der Waals surface area contributed by atoms with Gasteiger partial charge >= 0.3 is 5.88 Å². The summed E-state index contributed by atoms with van der Waals surface area (Å²) in [6.45, 7) is 0. The summed E-state index contributed by atoms with van der Waals surface area (Å²) >= 11 is 0. The first-order chi connectivity index (χ1) is 7.61. The van der Waals surface area contributed by atoms with Crippen molar-refractivity contribution in [3.05, 3.63) is 34.0 Å². The lowest BCUT2D eigenvalue weighted by atomic mass is 10.2. The highest BCUT2D eigenvalue weighted by Gasteiger charge is 2.17. The van der Waals surface area contributed by atoms with Gasteiger partial charge in [0.2, 0.25) is 0 Å². The number of nitro groups is 1. The smallest absolute Gasteiger partial charge is 0.399 e. The minimum absolute atomic E-state index is 0.203. The number of hydrogen-bond acceptors (Lipinski definition) is 5. The number of rotatable bonds is 3. The van der Waals surface area contributed by atoms with Crippen molar-refractivity contribution in [1.82, 2.24) is 9.78 Å². The maximum atomic E-state index is 10.7. The molecule has 0 aliphatic rings. The number of aldehydes is 1. The van der Waals surface area contributed by atoms with Crippen LogP contribution in [0, 0.1) is 10.1 Å². The van der Waals surface area contributed by atoms with Crippen molar-refractivity contribution in [1.29, 1.82) is 0 Å². The molecule has 0 saturated carbocycles. The standard InChI is InChI=1S/C9H7N3O4/c1-11-4-6(5-13)9(10-11)7-2-3-8(16-7)12(14)15/h2-5H,1H3. The van der Waals surface area contributed by atoms with Crippen LogP contribution in [0.4, 0.5) is 5.88 Å². The number of aryl methyl sites for hydroxylation is 1. The van der Waals surface area contributed by atoms with Gasteiger partial charge in [0.25, 0.3) is 0 Å². The molecule has 82 valence electrons. The van der Waals surface area contributed by atoms with Gasteiger partial charge in [-0.15, -0.1) is 0 Å². The summed E-state index contributed by atoms with van der Waals surface area (Å²) in [5.41, 5.74) is 0.623. The Morgan fingerprint density at radius 3 is 2.88 bits per heavy atom. The fourth-order valence-electron chi connectivity index (χ4n) is 1.34. The minimum atomic E-state index is -0.646. The lowest BCUT2D eigenvalue weighted by Crippen LogP contribution is -1.87. The quantitative estimate of drug-likeness (QED) is 0.443. The topological polar surface area (TPSA) is 91.2 Å². The van der Waals surface area contributed by atoms with Crippen molar-refractivity contribution < 1.29 is 14.1 Å². The third-order valence-corrected chi connectivity index (χ3v) is 1.99. The highest BCUT2D eigenvalue weighted by Crippen LogP contribution is 2.26. The molecule has 0 aliphatic carbocycles. The number of aromatic nitrogens is 2. The lowest BCUT2D eigenvalue weighted by molar-refractivity contribution is -0.401. The summed E-state index contributed by atoms with van der Waals surface area (Å²) in [5.74, 6) is -0.174. The van der Waals surface area contributed by atoms with Crippen molar-refractivity contribution in [2.75, 3.05) is 0 Å². The molecule has 0 N–H and O–H groups in total. The highest BCUT2D eigenvalue weighted by atomic mass is 16.6. The van der Waals surface area contributed by atoms with Crippen LogP contribution in [0.3, 0.4) is 0 Å². The van der Waals surface area contributed by atoms with Gasteiger partial charge in [0.15, 0.2) is 12.0 Å². The van der Waals surface area contributed by atoms with E-state index < -0.39 is 4.92 Å². The minimum Gasteiger partial charge on any atom is -0.399 e. The number of furan rings is 1. The molecule has 0 spiro atoms. The zero-order valence-corrected chi connectivity index (χ0v) is 8.28. The van der Waals surface area contributed by atoms with Crippen LogP contribution >= 0.6 is 0 Å². The van der Waals surface area contributed by atoms with Crippen molar-refractivity contribution >= 4 is 12.2 Å². The Labute approximate surface area is 89.4 Å². The predicted octanol–water partition coefficient (Wildman–Crippen LogP) is 1.40.